The van der Waals surface area contributed by atoms with Gasteiger partial charge in [0, 0.05) is 24.4 Å². The largest absolute Gasteiger partial charge is 0.386 e. The van der Waals surface area contributed by atoms with Gasteiger partial charge in [-0.15, -0.1) is 0 Å². The van der Waals surface area contributed by atoms with Crippen LogP contribution < -0.4 is 5.73 Å². The van der Waals surface area contributed by atoms with E-state index in [0.717, 1.165) is 37.0 Å². The molecule has 0 saturated heterocycles. The number of pyridine rings is 1. The van der Waals surface area contributed by atoms with Crippen molar-refractivity contribution in [1.29, 1.82) is 0 Å². The Kier molecular flexibility index (Phi) is 3.29. The third-order valence-corrected chi connectivity index (χ3v) is 4.50. The van der Waals surface area contributed by atoms with Crippen molar-refractivity contribution in [2.75, 3.05) is 6.54 Å². The Hall–Kier alpha value is -1.39. The van der Waals surface area contributed by atoms with E-state index in [0.29, 0.717) is 6.54 Å². The molecule has 3 rings (SSSR count). The van der Waals surface area contributed by atoms with Crippen LogP contribution in [-0.4, -0.2) is 21.0 Å². The highest BCUT2D eigenvalue weighted by Crippen LogP contribution is 2.44. The molecule has 4 nitrogen and oxygen atoms in total. The number of fused-ring (bicyclic) bond motifs is 1. The van der Waals surface area contributed by atoms with Crippen LogP contribution in [0, 0.1) is 5.41 Å². The molecule has 2 aromatic rings. The zero-order valence-corrected chi connectivity index (χ0v) is 11.1. The number of imidazole rings is 1. The summed E-state index contributed by atoms with van der Waals surface area (Å²) in [5.41, 5.74) is 7.42. The van der Waals surface area contributed by atoms with Gasteiger partial charge in [-0.1, -0.05) is 25.3 Å². The molecule has 0 bridgehead atoms. The highest BCUT2D eigenvalue weighted by atomic mass is 16.3. The smallest absolute Gasteiger partial charge is 0.137 e. The van der Waals surface area contributed by atoms with Crippen molar-refractivity contribution in [1.82, 2.24) is 9.38 Å². The Morgan fingerprint density at radius 3 is 2.79 bits per heavy atom. The number of rotatable bonds is 3. The predicted molar refractivity (Wildman–Crippen MR) is 74.7 cm³/mol. The predicted octanol–water partition coefficient (Wildman–Crippen LogP) is 2.28. The molecule has 1 fully saturated rings. The van der Waals surface area contributed by atoms with Gasteiger partial charge >= 0.3 is 0 Å². The molecule has 3 N–H and O–H groups in total. The van der Waals surface area contributed by atoms with Crippen molar-refractivity contribution in [2.24, 2.45) is 11.1 Å². The molecule has 102 valence electrons. The average molecular weight is 259 g/mol. The van der Waals surface area contributed by atoms with Crippen molar-refractivity contribution in [3.63, 3.8) is 0 Å². The lowest BCUT2D eigenvalue weighted by atomic mass is 9.69. The number of aliphatic hydroxyl groups is 1. The van der Waals surface area contributed by atoms with E-state index in [1.807, 2.05) is 35.0 Å². The zero-order chi connectivity index (χ0) is 13.3. The van der Waals surface area contributed by atoms with Gasteiger partial charge in [0.05, 0.1) is 5.69 Å². The van der Waals surface area contributed by atoms with Crippen molar-refractivity contribution >= 4 is 5.65 Å². The summed E-state index contributed by atoms with van der Waals surface area (Å²) in [5, 5.41) is 10.7. The van der Waals surface area contributed by atoms with E-state index in [4.69, 9.17) is 5.73 Å². The minimum atomic E-state index is -0.558. The van der Waals surface area contributed by atoms with Crippen LogP contribution in [0.4, 0.5) is 0 Å². The number of aliphatic hydroxyl groups excluding tert-OH is 1. The molecule has 0 spiro atoms. The van der Waals surface area contributed by atoms with Gasteiger partial charge in [0.25, 0.3) is 0 Å². The molecule has 1 atom stereocenters. The van der Waals surface area contributed by atoms with Crippen LogP contribution >= 0.6 is 0 Å². The molecule has 2 heterocycles. The summed E-state index contributed by atoms with van der Waals surface area (Å²) in [6.07, 6.45) is 8.87. The minimum absolute atomic E-state index is 0.184. The molecular formula is C15H21N3O. The second-order valence-corrected chi connectivity index (χ2v) is 5.66. The van der Waals surface area contributed by atoms with Gasteiger partial charge in [-0.2, -0.15) is 0 Å². The molecule has 4 heteroatoms. The van der Waals surface area contributed by atoms with Gasteiger partial charge in [0.1, 0.15) is 11.8 Å². The number of aromatic nitrogens is 2. The maximum atomic E-state index is 10.7. The minimum Gasteiger partial charge on any atom is -0.386 e. The van der Waals surface area contributed by atoms with Gasteiger partial charge in [-0.05, 0) is 25.0 Å². The normalized spacial score (nSPS) is 20.5. The molecule has 2 aromatic heterocycles. The SMILES string of the molecule is NCC1(C(O)c2cn3ccccc3n2)CCCCC1. The Morgan fingerprint density at radius 1 is 1.32 bits per heavy atom. The van der Waals surface area contributed by atoms with E-state index in [1.165, 1.54) is 6.42 Å². The highest BCUT2D eigenvalue weighted by Gasteiger charge is 2.39. The van der Waals surface area contributed by atoms with E-state index in [-0.39, 0.29) is 5.41 Å². The van der Waals surface area contributed by atoms with E-state index >= 15 is 0 Å². The molecule has 0 amide bonds. The quantitative estimate of drug-likeness (QED) is 0.888. The van der Waals surface area contributed by atoms with Gasteiger partial charge in [-0.25, -0.2) is 4.98 Å². The fourth-order valence-corrected chi connectivity index (χ4v) is 3.24. The molecule has 0 radical (unpaired) electrons. The number of nitrogens with zero attached hydrogens (tertiary/aromatic N) is 2. The number of nitrogens with two attached hydrogens (primary N) is 1. The van der Waals surface area contributed by atoms with Crippen molar-refractivity contribution < 1.29 is 5.11 Å². The molecule has 19 heavy (non-hydrogen) atoms. The summed E-state index contributed by atoms with van der Waals surface area (Å²) in [6.45, 7) is 0.530. The van der Waals surface area contributed by atoms with Crippen molar-refractivity contribution in [3.8, 4) is 0 Å². The van der Waals surface area contributed by atoms with Gasteiger partial charge in [0.15, 0.2) is 0 Å². The third kappa shape index (κ3) is 2.15. The van der Waals surface area contributed by atoms with E-state index < -0.39 is 6.10 Å². The molecule has 1 aliphatic carbocycles. The lowest BCUT2D eigenvalue weighted by Crippen LogP contribution is -2.38. The fraction of sp³-hybridized carbons (Fsp3) is 0.533. The van der Waals surface area contributed by atoms with Crippen LogP contribution in [0.2, 0.25) is 0 Å². The maximum Gasteiger partial charge on any atom is 0.137 e. The molecule has 1 saturated carbocycles. The third-order valence-electron chi connectivity index (χ3n) is 4.50. The number of hydrogen-bond donors (Lipinski definition) is 2. The lowest BCUT2D eigenvalue weighted by Gasteiger charge is -2.39. The summed E-state index contributed by atoms with van der Waals surface area (Å²) in [7, 11) is 0. The topological polar surface area (TPSA) is 63.5 Å². The molecule has 1 aliphatic rings. The van der Waals surface area contributed by atoms with Gasteiger partial charge in [0.2, 0.25) is 0 Å². The lowest BCUT2D eigenvalue weighted by molar-refractivity contribution is -0.00181. The summed E-state index contributed by atoms with van der Waals surface area (Å²) in [6, 6.07) is 5.87. The Labute approximate surface area is 113 Å². The van der Waals surface area contributed by atoms with Gasteiger partial charge < -0.3 is 15.2 Å². The van der Waals surface area contributed by atoms with Crippen molar-refractivity contribution in [3.05, 3.63) is 36.3 Å². The molecule has 0 aromatic carbocycles. The van der Waals surface area contributed by atoms with Crippen LogP contribution in [0.25, 0.3) is 5.65 Å². The summed E-state index contributed by atoms with van der Waals surface area (Å²) in [4.78, 5) is 4.54. The summed E-state index contributed by atoms with van der Waals surface area (Å²) in [5.74, 6) is 0. The first-order valence-electron chi connectivity index (χ1n) is 7.07. The Morgan fingerprint density at radius 2 is 2.11 bits per heavy atom. The summed E-state index contributed by atoms with van der Waals surface area (Å²) < 4.78 is 1.95. The van der Waals surface area contributed by atoms with Crippen LogP contribution in [0.1, 0.15) is 43.9 Å². The number of hydrogen-bond acceptors (Lipinski definition) is 3. The Bertz CT molecular complexity index is 524. The first kappa shape index (κ1) is 12.6. The monoisotopic (exact) mass is 259 g/mol. The maximum absolute atomic E-state index is 10.7. The van der Waals surface area contributed by atoms with Crippen LogP contribution in [0.3, 0.4) is 0 Å². The standard InChI is InChI=1S/C15H21N3O/c16-11-15(7-3-1-4-8-15)14(19)12-10-18-9-5-2-6-13(18)17-12/h2,5-6,9-10,14,19H,1,3-4,7-8,11,16H2. The fourth-order valence-electron chi connectivity index (χ4n) is 3.24. The Balaban J connectivity index is 1.95. The molecule has 0 aliphatic heterocycles. The second kappa shape index (κ2) is 4.94. The molecular weight excluding hydrogens is 238 g/mol. The average Bonchev–Trinajstić information content (AvgIpc) is 2.91. The molecule has 1 unspecified atom stereocenters. The van der Waals surface area contributed by atoms with E-state index in [2.05, 4.69) is 4.98 Å². The van der Waals surface area contributed by atoms with Crippen LogP contribution in [0.5, 0.6) is 0 Å². The van der Waals surface area contributed by atoms with Gasteiger partial charge in [-0.3, -0.25) is 0 Å². The highest BCUT2D eigenvalue weighted by molar-refractivity contribution is 5.40. The van der Waals surface area contributed by atoms with Crippen LogP contribution in [-0.2, 0) is 0 Å². The summed E-state index contributed by atoms with van der Waals surface area (Å²) >= 11 is 0. The first-order chi connectivity index (χ1) is 9.25. The zero-order valence-electron chi connectivity index (χ0n) is 11.1. The van der Waals surface area contributed by atoms with Crippen molar-refractivity contribution in [2.45, 2.75) is 38.2 Å². The second-order valence-electron chi connectivity index (χ2n) is 5.66. The van der Waals surface area contributed by atoms with E-state index in [1.54, 1.807) is 0 Å². The first-order valence-corrected chi connectivity index (χ1v) is 7.07. The van der Waals surface area contributed by atoms with E-state index in [9.17, 15) is 5.11 Å². The van der Waals surface area contributed by atoms with Crippen LogP contribution in [0.15, 0.2) is 30.6 Å².